The van der Waals surface area contributed by atoms with Gasteiger partial charge in [-0.05, 0) is 63.4 Å². The highest BCUT2D eigenvalue weighted by molar-refractivity contribution is 7.20. The van der Waals surface area contributed by atoms with Crippen molar-refractivity contribution in [2.24, 2.45) is 0 Å². The molecule has 2 heterocycles. The van der Waals surface area contributed by atoms with Gasteiger partial charge in [-0.2, -0.15) is 0 Å². The van der Waals surface area contributed by atoms with Gasteiger partial charge in [0.1, 0.15) is 15.5 Å². The van der Waals surface area contributed by atoms with Gasteiger partial charge in [0.2, 0.25) is 0 Å². The molecular weight excluding hydrogens is 362 g/mol. The number of nitrogens with one attached hydrogen (secondary N) is 2. The molecule has 0 fully saturated rings. The van der Waals surface area contributed by atoms with Gasteiger partial charge in [0.25, 0.3) is 5.56 Å². The largest absolute Gasteiger partial charge is 0.462 e. The predicted molar refractivity (Wildman–Crippen MR) is 109 cm³/mol. The summed E-state index contributed by atoms with van der Waals surface area (Å²) in [7, 11) is 0. The molecule has 6 nitrogen and oxygen atoms in total. The number of thiophene rings is 1. The molecule has 1 aromatic carbocycles. The van der Waals surface area contributed by atoms with Crippen LogP contribution in [0.2, 0.25) is 0 Å². The molecule has 3 rings (SSSR count). The zero-order valence-corrected chi connectivity index (χ0v) is 16.9. The Kier molecular flexibility index (Phi) is 5.32. The zero-order valence-electron chi connectivity index (χ0n) is 16.1. The summed E-state index contributed by atoms with van der Waals surface area (Å²) in [5.74, 6) is 0.114. The van der Waals surface area contributed by atoms with Crippen molar-refractivity contribution in [1.29, 1.82) is 0 Å². The van der Waals surface area contributed by atoms with Crippen LogP contribution in [0.4, 0.5) is 5.69 Å². The van der Waals surface area contributed by atoms with Gasteiger partial charge in [0, 0.05) is 5.69 Å². The lowest BCUT2D eigenvalue weighted by Crippen LogP contribution is -2.17. The van der Waals surface area contributed by atoms with E-state index in [0.29, 0.717) is 33.1 Å². The summed E-state index contributed by atoms with van der Waals surface area (Å²) in [5, 5.41) is 3.81. The lowest BCUT2D eigenvalue weighted by atomic mass is 10.1. The molecule has 7 heteroatoms. The molecule has 142 valence electrons. The van der Waals surface area contributed by atoms with Crippen LogP contribution in [0.15, 0.2) is 23.0 Å². The topological polar surface area (TPSA) is 84.1 Å². The predicted octanol–water partition coefficient (Wildman–Crippen LogP) is 4.26. The highest BCUT2D eigenvalue weighted by atomic mass is 32.1. The number of H-pyrrole nitrogens is 1. The zero-order chi connectivity index (χ0) is 19.7. The van der Waals surface area contributed by atoms with E-state index in [9.17, 15) is 9.59 Å². The average molecular weight is 385 g/mol. The molecule has 0 aliphatic heterocycles. The summed E-state index contributed by atoms with van der Waals surface area (Å²) in [5.41, 5.74) is 3.75. The maximum absolute atomic E-state index is 12.6. The van der Waals surface area contributed by atoms with E-state index >= 15 is 0 Å². The second-order valence-electron chi connectivity index (χ2n) is 6.57. The number of aromatic amines is 1. The molecule has 2 aromatic heterocycles. The van der Waals surface area contributed by atoms with Crippen LogP contribution in [0.3, 0.4) is 0 Å². The Morgan fingerprint density at radius 1 is 1.30 bits per heavy atom. The van der Waals surface area contributed by atoms with E-state index in [0.717, 1.165) is 5.69 Å². The number of aryl methyl sites for hydroxylation is 3. The smallest absolute Gasteiger partial charge is 0.348 e. The molecule has 0 radical (unpaired) electrons. The summed E-state index contributed by atoms with van der Waals surface area (Å²) < 4.78 is 5.07. The Morgan fingerprint density at radius 3 is 2.70 bits per heavy atom. The van der Waals surface area contributed by atoms with Gasteiger partial charge in [0.15, 0.2) is 0 Å². The molecule has 0 spiro atoms. The van der Waals surface area contributed by atoms with Gasteiger partial charge < -0.3 is 15.0 Å². The molecule has 0 aliphatic carbocycles. The van der Waals surface area contributed by atoms with Crippen LogP contribution in [0, 0.1) is 20.8 Å². The Morgan fingerprint density at radius 2 is 2.04 bits per heavy atom. The van der Waals surface area contributed by atoms with Crippen LogP contribution in [0.25, 0.3) is 10.2 Å². The van der Waals surface area contributed by atoms with Gasteiger partial charge in [-0.15, -0.1) is 11.3 Å². The van der Waals surface area contributed by atoms with Crippen molar-refractivity contribution in [3.05, 3.63) is 55.9 Å². The number of esters is 1. The normalized spacial score (nSPS) is 12.2. The number of anilines is 1. The standard InChI is InChI=1S/C20H23N3O3S/c1-6-26-20(25)16-12(4)15-18(24)22-17(23-19(15)27-16)13(5)21-14-8-7-10(2)11(3)9-14/h7-9,13,21H,6H2,1-5H3,(H,22,23,24)/t13-/m0/s1. The molecule has 27 heavy (non-hydrogen) atoms. The third kappa shape index (κ3) is 3.73. The van der Waals surface area contributed by atoms with E-state index in [2.05, 4.69) is 41.3 Å². The Balaban J connectivity index is 1.96. The first-order valence-corrected chi connectivity index (χ1v) is 9.67. The number of hydrogen-bond acceptors (Lipinski definition) is 6. The molecule has 1 atom stereocenters. The maximum Gasteiger partial charge on any atom is 0.348 e. The molecule has 0 aliphatic rings. The average Bonchev–Trinajstić information content (AvgIpc) is 2.95. The Labute approximate surface area is 161 Å². The number of carbonyl (C=O) groups is 1. The Hall–Kier alpha value is -2.67. The number of rotatable bonds is 5. The van der Waals surface area contributed by atoms with E-state index in [1.165, 1.54) is 22.5 Å². The molecule has 0 saturated carbocycles. The number of carbonyl (C=O) groups excluding carboxylic acids is 1. The third-order valence-corrected chi connectivity index (χ3v) is 5.75. The van der Waals surface area contributed by atoms with Gasteiger partial charge in [-0.1, -0.05) is 6.07 Å². The van der Waals surface area contributed by atoms with Crippen LogP contribution in [0.5, 0.6) is 0 Å². The van der Waals surface area contributed by atoms with Crippen LogP contribution in [-0.4, -0.2) is 22.5 Å². The van der Waals surface area contributed by atoms with Gasteiger partial charge >= 0.3 is 5.97 Å². The van der Waals surface area contributed by atoms with Crippen LogP contribution >= 0.6 is 11.3 Å². The molecule has 0 bridgehead atoms. The second-order valence-corrected chi connectivity index (χ2v) is 7.57. The summed E-state index contributed by atoms with van der Waals surface area (Å²) in [4.78, 5) is 33.1. The first-order valence-electron chi connectivity index (χ1n) is 8.86. The van der Waals surface area contributed by atoms with Gasteiger partial charge in [0.05, 0.1) is 18.0 Å². The lowest BCUT2D eigenvalue weighted by molar-refractivity contribution is 0.0531. The van der Waals surface area contributed by atoms with E-state index < -0.39 is 5.97 Å². The van der Waals surface area contributed by atoms with E-state index in [-0.39, 0.29) is 11.6 Å². The highest BCUT2D eigenvalue weighted by Gasteiger charge is 2.21. The Bertz CT molecular complexity index is 1070. The number of hydrogen-bond donors (Lipinski definition) is 2. The summed E-state index contributed by atoms with van der Waals surface area (Å²) >= 11 is 1.19. The first-order chi connectivity index (χ1) is 12.8. The highest BCUT2D eigenvalue weighted by Crippen LogP contribution is 2.28. The molecule has 0 unspecified atom stereocenters. The van der Waals surface area contributed by atoms with Crippen LogP contribution in [0.1, 0.15) is 52.1 Å². The van der Waals surface area contributed by atoms with Crippen molar-refractivity contribution in [1.82, 2.24) is 9.97 Å². The number of fused-ring (bicyclic) bond motifs is 1. The number of nitrogens with zero attached hydrogens (tertiary/aromatic N) is 1. The minimum atomic E-state index is -0.416. The van der Waals surface area contributed by atoms with Crippen molar-refractivity contribution in [2.75, 3.05) is 11.9 Å². The third-order valence-electron chi connectivity index (χ3n) is 4.58. The van der Waals surface area contributed by atoms with Crippen molar-refractivity contribution in [3.63, 3.8) is 0 Å². The fourth-order valence-corrected chi connectivity index (χ4v) is 3.99. The minimum Gasteiger partial charge on any atom is -0.462 e. The first kappa shape index (κ1) is 19.1. The molecular formula is C20H23N3O3S. The molecule has 2 N–H and O–H groups in total. The lowest BCUT2D eigenvalue weighted by Gasteiger charge is -2.15. The summed E-state index contributed by atoms with van der Waals surface area (Å²) in [6.07, 6.45) is 0. The number of benzene rings is 1. The maximum atomic E-state index is 12.6. The second kappa shape index (κ2) is 7.52. The SMILES string of the molecule is CCOC(=O)c1sc2nc([C@H](C)Nc3ccc(C)c(C)c3)[nH]c(=O)c2c1C. The van der Waals surface area contributed by atoms with Crippen molar-refractivity contribution < 1.29 is 9.53 Å². The minimum absolute atomic E-state index is 0.197. The van der Waals surface area contributed by atoms with Crippen molar-refractivity contribution in [3.8, 4) is 0 Å². The molecule has 0 saturated heterocycles. The van der Waals surface area contributed by atoms with Crippen molar-refractivity contribution in [2.45, 2.75) is 40.7 Å². The van der Waals surface area contributed by atoms with Crippen LogP contribution < -0.4 is 10.9 Å². The van der Waals surface area contributed by atoms with E-state index in [1.54, 1.807) is 13.8 Å². The van der Waals surface area contributed by atoms with Crippen LogP contribution in [-0.2, 0) is 4.74 Å². The summed E-state index contributed by atoms with van der Waals surface area (Å²) in [6.45, 7) is 9.85. The quantitative estimate of drug-likeness (QED) is 0.641. The molecule has 0 amide bonds. The van der Waals surface area contributed by atoms with E-state index in [4.69, 9.17) is 4.74 Å². The van der Waals surface area contributed by atoms with Gasteiger partial charge in [-0.25, -0.2) is 9.78 Å². The number of aromatic nitrogens is 2. The monoisotopic (exact) mass is 385 g/mol. The number of ether oxygens (including phenoxy) is 1. The fourth-order valence-electron chi connectivity index (χ4n) is 2.91. The van der Waals surface area contributed by atoms with E-state index in [1.807, 2.05) is 13.0 Å². The van der Waals surface area contributed by atoms with Crippen molar-refractivity contribution >= 4 is 33.2 Å². The summed E-state index contributed by atoms with van der Waals surface area (Å²) in [6, 6.07) is 5.93. The fraction of sp³-hybridized carbons (Fsp3) is 0.350. The molecule has 3 aromatic rings. The van der Waals surface area contributed by atoms with Gasteiger partial charge in [-0.3, -0.25) is 4.79 Å².